The third kappa shape index (κ3) is 3.94. The van der Waals surface area contributed by atoms with Crippen molar-refractivity contribution in [3.05, 3.63) is 12.2 Å². The van der Waals surface area contributed by atoms with Gasteiger partial charge in [0.05, 0.1) is 0 Å². The Hall–Kier alpha value is -0.260. The van der Waals surface area contributed by atoms with Crippen LogP contribution in [0, 0.1) is 11.3 Å². The van der Waals surface area contributed by atoms with E-state index in [4.69, 9.17) is 0 Å². The second kappa shape index (κ2) is 4.11. The first-order valence-corrected chi connectivity index (χ1v) is 5.27. The first-order valence-electron chi connectivity index (χ1n) is 5.27. The van der Waals surface area contributed by atoms with Gasteiger partial charge >= 0.3 is 0 Å². The smallest absolute Gasteiger partial charge is 0.0203 e. The van der Waals surface area contributed by atoms with Crippen molar-refractivity contribution >= 4 is 0 Å². The minimum atomic E-state index is 0.372. The first kappa shape index (κ1) is 9.83. The van der Waals surface area contributed by atoms with E-state index >= 15 is 0 Å². The molecule has 0 aromatic heterocycles. The van der Waals surface area contributed by atoms with E-state index < -0.39 is 0 Å². The van der Waals surface area contributed by atoms with E-state index in [1.807, 2.05) is 0 Å². The molecule has 1 rings (SSSR count). The van der Waals surface area contributed by atoms with Crippen LogP contribution in [0.2, 0.25) is 0 Å². The van der Waals surface area contributed by atoms with Gasteiger partial charge in [-0.25, -0.2) is 0 Å². The van der Waals surface area contributed by atoms with Crippen LogP contribution in [0.1, 0.15) is 52.9 Å². The molecular formula is C12H22. The van der Waals surface area contributed by atoms with Crippen molar-refractivity contribution in [3.63, 3.8) is 0 Å². The molecule has 0 aromatic rings. The average Bonchev–Trinajstić information content (AvgIpc) is 2.02. The highest BCUT2D eigenvalue weighted by Gasteiger charge is 2.11. The fourth-order valence-electron chi connectivity index (χ4n) is 1.75. The normalized spacial score (nSPS) is 21.9. The molecule has 0 heteroatoms. The summed E-state index contributed by atoms with van der Waals surface area (Å²) < 4.78 is 0. The molecule has 0 bridgehead atoms. The quantitative estimate of drug-likeness (QED) is 0.513. The zero-order chi connectivity index (χ0) is 9.03. The lowest BCUT2D eigenvalue weighted by atomic mass is 9.86. The molecule has 12 heavy (non-hydrogen) atoms. The van der Waals surface area contributed by atoms with Crippen molar-refractivity contribution in [2.45, 2.75) is 52.9 Å². The minimum Gasteiger partial charge on any atom is -0.0849 e. The van der Waals surface area contributed by atoms with Crippen LogP contribution >= 0.6 is 0 Å². The van der Waals surface area contributed by atoms with Gasteiger partial charge in [0.15, 0.2) is 0 Å². The molecule has 70 valence electrons. The molecule has 1 aliphatic rings. The molecule has 0 unspecified atom stereocenters. The maximum atomic E-state index is 2.44. The predicted octanol–water partition coefficient (Wildman–Crippen LogP) is 4.17. The molecule has 0 aliphatic heterocycles. The Morgan fingerprint density at radius 3 is 2.08 bits per heavy atom. The van der Waals surface area contributed by atoms with Gasteiger partial charge in [0.1, 0.15) is 0 Å². The third-order valence-electron chi connectivity index (χ3n) is 2.52. The lowest BCUT2D eigenvalue weighted by Gasteiger charge is -2.20. The highest BCUT2D eigenvalue weighted by Crippen LogP contribution is 2.26. The van der Waals surface area contributed by atoms with Crippen LogP contribution in [0.25, 0.3) is 0 Å². The summed E-state index contributed by atoms with van der Waals surface area (Å²) in [4.78, 5) is 0. The third-order valence-corrected chi connectivity index (χ3v) is 2.52. The monoisotopic (exact) mass is 166 g/mol. The zero-order valence-corrected chi connectivity index (χ0v) is 8.77. The van der Waals surface area contributed by atoms with Crippen molar-refractivity contribution in [1.29, 1.82) is 0 Å². The molecule has 0 atom stereocenters. The van der Waals surface area contributed by atoms with Gasteiger partial charge < -0.3 is 0 Å². The van der Waals surface area contributed by atoms with Gasteiger partial charge in [-0.15, -0.1) is 0 Å². The molecule has 0 nitrogen and oxygen atoms in total. The average molecular weight is 166 g/mol. The van der Waals surface area contributed by atoms with E-state index in [1.165, 1.54) is 32.1 Å². The molecule has 1 aliphatic carbocycles. The minimum absolute atomic E-state index is 0.372. The summed E-state index contributed by atoms with van der Waals surface area (Å²) in [6.45, 7) is 6.81. The topological polar surface area (TPSA) is 0 Å². The van der Waals surface area contributed by atoms with Crippen LogP contribution in [-0.2, 0) is 0 Å². The Kier molecular flexibility index (Phi) is 3.37. The Bertz CT molecular complexity index is 142. The summed E-state index contributed by atoms with van der Waals surface area (Å²) in [5.74, 6) is 0.887. The Balaban J connectivity index is 2.33. The Morgan fingerprint density at radius 1 is 1.00 bits per heavy atom. The van der Waals surface area contributed by atoms with Crippen LogP contribution in [-0.4, -0.2) is 0 Å². The number of hydrogen-bond donors (Lipinski definition) is 0. The van der Waals surface area contributed by atoms with Gasteiger partial charge in [0.2, 0.25) is 0 Å². The molecule has 0 spiro atoms. The van der Waals surface area contributed by atoms with Crippen LogP contribution in [0.15, 0.2) is 12.2 Å². The zero-order valence-electron chi connectivity index (χ0n) is 8.77. The van der Waals surface area contributed by atoms with Crippen LogP contribution in [0.3, 0.4) is 0 Å². The molecule has 0 radical (unpaired) electrons. The second-order valence-corrected chi connectivity index (χ2v) is 5.12. The van der Waals surface area contributed by atoms with Gasteiger partial charge in [-0.3, -0.25) is 0 Å². The predicted molar refractivity (Wildman–Crippen MR) is 55.2 cm³/mol. The SMILES string of the molecule is CC(C)(C)/C=C/C1CCCCC1. The van der Waals surface area contributed by atoms with Crippen LogP contribution in [0.4, 0.5) is 0 Å². The summed E-state index contributed by atoms with van der Waals surface area (Å²) in [5.41, 5.74) is 0.372. The van der Waals surface area contributed by atoms with Crippen LogP contribution in [0.5, 0.6) is 0 Å². The molecular weight excluding hydrogens is 144 g/mol. The van der Waals surface area contributed by atoms with Gasteiger partial charge in [0.25, 0.3) is 0 Å². The van der Waals surface area contributed by atoms with Gasteiger partial charge in [-0.2, -0.15) is 0 Å². The number of allylic oxidation sites excluding steroid dienone is 2. The van der Waals surface area contributed by atoms with Crippen molar-refractivity contribution in [1.82, 2.24) is 0 Å². The Morgan fingerprint density at radius 2 is 1.58 bits per heavy atom. The van der Waals surface area contributed by atoms with Gasteiger partial charge in [-0.05, 0) is 24.2 Å². The van der Waals surface area contributed by atoms with E-state index in [0.29, 0.717) is 5.41 Å². The molecule has 0 saturated heterocycles. The lowest BCUT2D eigenvalue weighted by molar-refractivity contribution is 0.414. The fraction of sp³-hybridized carbons (Fsp3) is 0.833. The molecule has 1 fully saturated rings. The molecule has 0 heterocycles. The highest BCUT2D eigenvalue weighted by molar-refractivity contribution is 4.96. The van der Waals surface area contributed by atoms with E-state index in [1.54, 1.807) is 0 Å². The van der Waals surface area contributed by atoms with E-state index in [-0.39, 0.29) is 0 Å². The maximum absolute atomic E-state index is 2.44. The Labute approximate surface area is 77.1 Å². The summed E-state index contributed by atoms with van der Waals surface area (Å²) in [5, 5.41) is 0. The van der Waals surface area contributed by atoms with E-state index in [2.05, 4.69) is 32.9 Å². The standard InChI is InChI=1S/C12H22/c1-12(2,3)10-9-11-7-5-4-6-8-11/h9-11H,4-8H2,1-3H3/b10-9+. The van der Waals surface area contributed by atoms with Crippen LogP contribution < -0.4 is 0 Å². The fourth-order valence-corrected chi connectivity index (χ4v) is 1.75. The molecule has 0 amide bonds. The highest BCUT2D eigenvalue weighted by atomic mass is 14.2. The van der Waals surface area contributed by atoms with Gasteiger partial charge in [0, 0.05) is 0 Å². The van der Waals surface area contributed by atoms with Crippen molar-refractivity contribution in [2.75, 3.05) is 0 Å². The van der Waals surface area contributed by atoms with E-state index in [9.17, 15) is 0 Å². The molecule has 1 saturated carbocycles. The first-order chi connectivity index (χ1) is 5.58. The van der Waals surface area contributed by atoms with Gasteiger partial charge in [-0.1, -0.05) is 52.2 Å². The maximum Gasteiger partial charge on any atom is -0.0203 e. The lowest BCUT2D eigenvalue weighted by Crippen LogP contribution is -2.05. The number of hydrogen-bond acceptors (Lipinski definition) is 0. The summed E-state index contributed by atoms with van der Waals surface area (Å²) in [7, 11) is 0. The summed E-state index contributed by atoms with van der Waals surface area (Å²) in [6, 6.07) is 0. The number of rotatable bonds is 1. The largest absolute Gasteiger partial charge is 0.0849 e. The summed E-state index contributed by atoms with van der Waals surface area (Å²) in [6.07, 6.45) is 12.0. The van der Waals surface area contributed by atoms with Crippen molar-refractivity contribution in [3.8, 4) is 0 Å². The van der Waals surface area contributed by atoms with Crippen molar-refractivity contribution < 1.29 is 0 Å². The molecule has 0 N–H and O–H groups in total. The summed E-state index contributed by atoms with van der Waals surface area (Å²) >= 11 is 0. The van der Waals surface area contributed by atoms with Crippen molar-refractivity contribution in [2.24, 2.45) is 11.3 Å². The van der Waals surface area contributed by atoms with E-state index in [0.717, 1.165) is 5.92 Å². The second-order valence-electron chi connectivity index (χ2n) is 5.12. The molecule has 0 aromatic carbocycles.